The number of fused-ring (bicyclic) bond motifs is 1. The molecule has 0 fully saturated rings. The number of carbonyl (C=O) groups is 1. The maximum Gasteiger partial charge on any atom is 0.471 e. The van der Waals surface area contributed by atoms with Gasteiger partial charge in [-0.05, 0) is 6.07 Å². The topological polar surface area (TPSA) is 57.8 Å². The molecule has 0 aliphatic carbocycles. The van der Waals surface area contributed by atoms with Crippen molar-refractivity contribution in [3.8, 4) is 0 Å². The number of aromatic amines is 1. The van der Waals surface area contributed by atoms with E-state index in [9.17, 15) is 18.0 Å². The molecule has 0 spiro atoms. The van der Waals surface area contributed by atoms with Crippen molar-refractivity contribution in [1.82, 2.24) is 10.2 Å². The zero-order valence-electron chi connectivity index (χ0n) is 7.80. The summed E-state index contributed by atoms with van der Waals surface area (Å²) in [6.07, 6.45) is -3.44. The second kappa shape index (κ2) is 3.51. The Bertz CT molecular complexity index is 532. The van der Waals surface area contributed by atoms with Gasteiger partial charge in [0.2, 0.25) is 0 Å². The zero-order valence-corrected chi connectivity index (χ0v) is 7.80. The van der Waals surface area contributed by atoms with Gasteiger partial charge in [-0.2, -0.15) is 18.3 Å². The van der Waals surface area contributed by atoms with Crippen LogP contribution in [0.4, 0.5) is 18.9 Å². The molecule has 2 N–H and O–H groups in total. The Balaban J connectivity index is 2.35. The summed E-state index contributed by atoms with van der Waals surface area (Å²) in [5, 5.41) is 8.59. The predicted octanol–water partition coefficient (Wildman–Crippen LogP) is 2.06. The highest BCUT2D eigenvalue weighted by atomic mass is 19.4. The number of benzene rings is 1. The van der Waals surface area contributed by atoms with Crippen LogP contribution >= 0.6 is 0 Å². The van der Waals surface area contributed by atoms with Crippen LogP contribution in [0, 0.1) is 0 Å². The van der Waals surface area contributed by atoms with E-state index in [1.807, 2.05) is 0 Å². The number of para-hydroxylation sites is 1. The minimum absolute atomic E-state index is 0.0531. The first kappa shape index (κ1) is 10.5. The summed E-state index contributed by atoms with van der Waals surface area (Å²) in [5.41, 5.74) is 0.414. The average molecular weight is 229 g/mol. The molecular weight excluding hydrogens is 223 g/mol. The Hall–Kier alpha value is -2.05. The quantitative estimate of drug-likeness (QED) is 0.786. The highest BCUT2D eigenvalue weighted by Gasteiger charge is 2.38. The molecule has 1 aromatic heterocycles. The van der Waals surface area contributed by atoms with Crippen LogP contribution in [0.15, 0.2) is 24.4 Å². The molecule has 4 nitrogen and oxygen atoms in total. The molecule has 2 aromatic rings. The average Bonchev–Trinajstić information content (AvgIpc) is 2.65. The molecule has 0 saturated carbocycles. The molecule has 2 rings (SSSR count). The number of anilines is 1. The second-order valence-electron chi connectivity index (χ2n) is 3.09. The largest absolute Gasteiger partial charge is 0.471 e. The number of rotatable bonds is 1. The lowest BCUT2D eigenvalue weighted by Gasteiger charge is -2.08. The number of aromatic nitrogens is 2. The summed E-state index contributed by atoms with van der Waals surface area (Å²) in [7, 11) is 0. The summed E-state index contributed by atoms with van der Waals surface area (Å²) < 4.78 is 36.1. The third-order valence-corrected chi connectivity index (χ3v) is 1.98. The third kappa shape index (κ3) is 1.83. The molecule has 1 heterocycles. The van der Waals surface area contributed by atoms with E-state index in [1.165, 1.54) is 18.3 Å². The Labute approximate surface area is 87.4 Å². The maximum atomic E-state index is 12.0. The summed E-state index contributed by atoms with van der Waals surface area (Å²) in [6.45, 7) is 0. The standard InChI is InChI=1S/C9H6F3N3O/c10-9(11,12)8(16)14-6-3-1-2-5-4-13-15-7(5)6/h1-4H,(H,13,15)(H,14,16). The number of hydrogen-bond donors (Lipinski definition) is 2. The normalized spacial score (nSPS) is 11.7. The number of amides is 1. The highest BCUT2D eigenvalue weighted by Crippen LogP contribution is 2.23. The zero-order chi connectivity index (χ0) is 11.8. The van der Waals surface area contributed by atoms with Gasteiger partial charge in [0, 0.05) is 5.39 Å². The van der Waals surface area contributed by atoms with Gasteiger partial charge in [-0.25, -0.2) is 0 Å². The Morgan fingerprint density at radius 3 is 2.81 bits per heavy atom. The third-order valence-electron chi connectivity index (χ3n) is 1.98. The van der Waals surface area contributed by atoms with Gasteiger partial charge in [-0.1, -0.05) is 12.1 Å². The van der Waals surface area contributed by atoms with Gasteiger partial charge >= 0.3 is 12.1 Å². The number of nitrogens with one attached hydrogen (secondary N) is 2. The minimum Gasteiger partial charge on any atom is -0.316 e. The first-order valence-corrected chi connectivity index (χ1v) is 4.29. The van der Waals surface area contributed by atoms with Crippen LogP contribution in [-0.4, -0.2) is 22.3 Å². The van der Waals surface area contributed by atoms with Crippen molar-refractivity contribution < 1.29 is 18.0 Å². The lowest BCUT2D eigenvalue weighted by Crippen LogP contribution is -2.30. The van der Waals surface area contributed by atoms with Gasteiger partial charge < -0.3 is 5.32 Å². The number of alkyl halides is 3. The van der Waals surface area contributed by atoms with Crippen molar-refractivity contribution in [1.29, 1.82) is 0 Å². The van der Waals surface area contributed by atoms with E-state index in [0.717, 1.165) is 0 Å². The molecule has 0 atom stereocenters. The highest BCUT2D eigenvalue weighted by molar-refractivity contribution is 6.02. The van der Waals surface area contributed by atoms with Crippen LogP contribution in [-0.2, 0) is 4.79 Å². The molecule has 0 aliphatic heterocycles. The van der Waals surface area contributed by atoms with E-state index in [-0.39, 0.29) is 5.69 Å². The van der Waals surface area contributed by atoms with Crippen molar-refractivity contribution in [2.45, 2.75) is 6.18 Å². The molecule has 0 unspecified atom stereocenters. The predicted molar refractivity (Wildman–Crippen MR) is 50.8 cm³/mol. The first-order chi connectivity index (χ1) is 7.48. The van der Waals surface area contributed by atoms with Gasteiger partial charge in [0.05, 0.1) is 17.4 Å². The van der Waals surface area contributed by atoms with Crippen molar-refractivity contribution in [3.05, 3.63) is 24.4 Å². The summed E-state index contributed by atoms with van der Waals surface area (Å²) >= 11 is 0. The van der Waals surface area contributed by atoms with Gasteiger partial charge in [0.25, 0.3) is 0 Å². The summed E-state index contributed by atoms with van der Waals surface area (Å²) in [5.74, 6) is -2.00. The van der Waals surface area contributed by atoms with E-state index in [0.29, 0.717) is 10.9 Å². The lowest BCUT2D eigenvalue weighted by atomic mass is 10.2. The maximum absolute atomic E-state index is 12.0. The molecule has 1 amide bonds. The number of hydrogen-bond acceptors (Lipinski definition) is 2. The molecule has 16 heavy (non-hydrogen) atoms. The lowest BCUT2D eigenvalue weighted by molar-refractivity contribution is -0.167. The molecule has 0 aliphatic rings. The van der Waals surface area contributed by atoms with Crippen molar-refractivity contribution in [2.24, 2.45) is 0 Å². The van der Waals surface area contributed by atoms with Crippen molar-refractivity contribution >= 4 is 22.5 Å². The van der Waals surface area contributed by atoms with Crippen molar-refractivity contribution in [2.75, 3.05) is 5.32 Å². The molecule has 0 bridgehead atoms. The van der Waals surface area contributed by atoms with Crippen LogP contribution in [0.1, 0.15) is 0 Å². The number of halogens is 3. The van der Waals surface area contributed by atoms with Crippen LogP contribution in [0.2, 0.25) is 0 Å². The molecule has 1 aromatic carbocycles. The fraction of sp³-hybridized carbons (Fsp3) is 0.111. The number of nitrogens with zero attached hydrogens (tertiary/aromatic N) is 1. The fourth-order valence-corrected chi connectivity index (χ4v) is 1.27. The van der Waals surface area contributed by atoms with Gasteiger partial charge in [-0.3, -0.25) is 9.89 Å². The van der Waals surface area contributed by atoms with E-state index >= 15 is 0 Å². The van der Waals surface area contributed by atoms with Gasteiger partial charge in [0.15, 0.2) is 0 Å². The van der Waals surface area contributed by atoms with Crippen LogP contribution in [0.3, 0.4) is 0 Å². The fourth-order valence-electron chi connectivity index (χ4n) is 1.27. The Morgan fingerprint density at radius 1 is 1.38 bits per heavy atom. The second-order valence-corrected chi connectivity index (χ2v) is 3.09. The Morgan fingerprint density at radius 2 is 2.12 bits per heavy atom. The van der Waals surface area contributed by atoms with E-state index in [1.54, 1.807) is 11.4 Å². The smallest absolute Gasteiger partial charge is 0.316 e. The van der Waals surface area contributed by atoms with Crippen molar-refractivity contribution in [3.63, 3.8) is 0 Å². The van der Waals surface area contributed by atoms with E-state index < -0.39 is 12.1 Å². The summed E-state index contributed by atoms with van der Waals surface area (Å²) in [6, 6.07) is 4.57. The van der Waals surface area contributed by atoms with Crippen LogP contribution in [0.5, 0.6) is 0 Å². The molecule has 0 saturated heterocycles. The molecule has 7 heteroatoms. The van der Waals surface area contributed by atoms with Crippen LogP contribution in [0.25, 0.3) is 10.9 Å². The monoisotopic (exact) mass is 229 g/mol. The molecular formula is C9H6F3N3O. The van der Waals surface area contributed by atoms with E-state index in [2.05, 4.69) is 10.2 Å². The molecule has 0 radical (unpaired) electrons. The van der Waals surface area contributed by atoms with Gasteiger partial charge in [-0.15, -0.1) is 0 Å². The first-order valence-electron chi connectivity index (χ1n) is 4.29. The number of carbonyl (C=O) groups excluding carboxylic acids is 1. The number of H-pyrrole nitrogens is 1. The van der Waals surface area contributed by atoms with Gasteiger partial charge in [0.1, 0.15) is 0 Å². The SMILES string of the molecule is O=C(Nc1cccc2cn[nH]c12)C(F)(F)F. The van der Waals surface area contributed by atoms with Crippen LogP contribution < -0.4 is 5.32 Å². The summed E-state index contributed by atoms with van der Waals surface area (Å²) in [4.78, 5) is 10.7. The minimum atomic E-state index is -4.90. The molecule has 84 valence electrons. The van der Waals surface area contributed by atoms with E-state index in [4.69, 9.17) is 0 Å². The Kier molecular flexibility index (Phi) is 2.30.